The minimum absolute atomic E-state index is 0.00552. The monoisotopic (exact) mass is 633 g/mol. The molecule has 0 aliphatic carbocycles. The third-order valence-electron chi connectivity index (χ3n) is 7.92. The maximum Gasteiger partial charge on any atom is 0.262 e. The van der Waals surface area contributed by atoms with E-state index in [2.05, 4.69) is 9.62 Å². The number of methoxy groups -OCH3 is 1. The number of fused-ring (bicyclic) bond motifs is 1. The zero-order chi connectivity index (χ0) is 32.3. The van der Waals surface area contributed by atoms with Crippen molar-refractivity contribution in [2.24, 2.45) is 0 Å². The first-order chi connectivity index (χ1) is 22.3. The van der Waals surface area contributed by atoms with E-state index in [1.807, 2.05) is 92.7 Å². The number of rotatable bonds is 10. The molecular formula is C37H35N3O5S. The molecule has 46 heavy (non-hydrogen) atoms. The molecular weight excluding hydrogens is 598 g/mol. The van der Waals surface area contributed by atoms with Crippen LogP contribution in [-0.2, 0) is 16.6 Å². The van der Waals surface area contributed by atoms with Crippen LogP contribution in [0.5, 0.6) is 11.5 Å². The fourth-order valence-corrected chi connectivity index (χ4v) is 6.72. The van der Waals surface area contributed by atoms with Gasteiger partial charge in [0.05, 0.1) is 29.9 Å². The molecule has 0 saturated heterocycles. The Kier molecular flexibility index (Phi) is 8.68. The number of hydrogen-bond donors (Lipinski definition) is 1. The number of nitrogens with zero attached hydrogens (tertiary/aromatic N) is 2. The molecule has 5 aromatic carbocycles. The van der Waals surface area contributed by atoms with Crippen molar-refractivity contribution < 1.29 is 22.7 Å². The van der Waals surface area contributed by atoms with Gasteiger partial charge >= 0.3 is 0 Å². The lowest BCUT2D eigenvalue weighted by Crippen LogP contribution is -2.49. The molecule has 0 saturated carbocycles. The third-order valence-corrected chi connectivity index (χ3v) is 9.30. The highest BCUT2D eigenvalue weighted by molar-refractivity contribution is 7.92. The lowest BCUT2D eigenvalue weighted by atomic mass is 9.99. The molecule has 0 unspecified atom stereocenters. The SMILES string of the molecule is CCOc1ccc([C@@H]2N(Cc3ccccc3)c3ccc(S(=O)(=O)Nc4ccc(C)cc4)cc3C(=O)N2c2ccc(OC)cc2)cc1. The number of ether oxygens (including phenoxy) is 2. The van der Waals surface area contributed by atoms with E-state index < -0.39 is 16.2 Å². The fraction of sp³-hybridized carbons (Fsp3) is 0.162. The highest BCUT2D eigenvalue weighted by atomic mass is 32.2. The minimum atomic E-state index is -4.00. The number of aryl methyl sites for hydroxylation is 1. The Balaban J connectivity index is 1.51. The van der Waals surface area contributed by atoms with Gasteiger partial charge in [0.25, 0.3) is 15.9 Å². The quantitative estimate of drug-likeness (QED) is 0.171. The summed E-state index contributed by atoms with van der Waals surface area (Å²) in [5.74, 6) is 1.06. The molecule has 1 aliphatic rings. The predicted molar refractivity (Wildman–Crippen MR) is 181 cm³/mol. The maximum absolute atomic E-state index is 14.6. The van der Waals surface area contributed by atoms with Crippen molar-refractivity contribution in [3.8, 4) is 11.5 Å². The van der Waals surface area contributed by atoms with Gasteiger partial charge in [-0.1, -0.05) is 60.2 Å². The number of carbonyl (C=O) groups excluding carboxylic acids is 1. The van der Waals surface area contributed by atoms with Crippen LogP contribution in [0.3, 0.4) is 0 Å². The van der Waals surface area contributed by atoms with Crippen LogP contribution in [0.2, 0.25) is 0 Å². The van der Waals surface area contributed by atoms with Crippen LogP contribution in [0.25, 0.3) is 0 Å². The van der Waals surface area contributed by atoms with Crippen molar-refractivity contribution >= 4 is 33.0 Å². The number of nitrogens with one attached hydrogen (secondary N) is 1. The van der Waals surface area contributed by atoms with Gasteiger partial charge in [0.15, 0.2) is 0 Å². The number of carbonyl (C=O) groups is 1. The third kappa shape index (κ3) is 6.27. The Labute approximate surface area is 269 Å². The fourth-order valence-electron chi connectivity index (χ4n) is 5.64. The van der Waals surface area contributed by atoms with Crippen molar-refractivity contribution in [2.45, 2.75) is 31.5 Å². The largest absolute Gasteiger partial charge is 0.497 e. The maximum atomic E-state index is 14.6. The summed E-state index contributed by atoms with van der Waals surface area (Å²) in [6.07, 6.45) is -0.558. The standard InChI is InChI=1S/C37H35N3O5S/c1-4-45-32-18-12-28(13-19-32)36-39(25-27-8-6-5-7-9-27)35-23-22-33(46(42,43)38-29-14-10-26(2)11-15-29)24-34(35)37(41)40(36)30-16-20-31(44-3)21-17-30/h5-24,36,38H,4,25H2,1-3H3/t36-/m1/s1. The zero-order valence-electron chi connectivity index (χ0n) is 25.9. The van der Waals surface area contributed by atoms with Crippen LogP contribution in [0, 0.1) is 6.92 Å². The summed E-state index contributed by atoms with van der Waals surface area (Å²) >= 11 is 0. The second-order valence-electron chi connectivity index (χ2n) is 11.0. The smallest absolute Gasteiger partial charge is 0.262 e. The lowest BCUT2D eigenvalue weighted by molar-refractivity contribution is 0.0968. The molecule has 0 radical (unpaired) electrons. The Hall–Kier alpha value is -5.28. The van der Waals surface area contributed by atoms with Crippen molar-refractivity contribution in [3.05, 3.63) is 144 Å². The summed E-state index contributed by atoms with van der Waals surface area (Å²) in [4.78, 5) is 18.5. The van der Waals surface area contributed by atoms with Crippen LogP contribution in [0.4, 0.5) is 17.1 Å². The Bertz CT molecular complexity index is 1930. The molecule has 6 rings (SSSR count). The summed E-state index contributed by atoms with van der Waals surface area (Å²) in [7, 11) is -2.40. The van der Waals surface area contributed by atoms with Gasteiger partial charge in [-0.15, -0.1) is 0 Å². The van der Waals surface area contributed by atoms with Gasteiger partial charge < -0.3 is 14.4 Å². The van der Waals surface area contributed by atoms with Gasteiger partial charge in [0, 0.05) is 17.9 Å². The van der Waals surface area contributed by atoms with E-state index in [0.717, 1.165) is 22.4 Å². The van der Waals surface area contributed by atoms with Crippen molar-refractivity contribution in [1.29, 1.82) is 0 Å². The molecule has 1 aliphatic heterocycles. The summed E-state index contributed by atoms with van der Waals surface area (Å²) < 4.78 is 40.9. The van der Waals surface area contributed by atoms with Crippen LogP contribution in [-0.4, -0.2) is 28.0 Å². The van der Waals surface area contributed by atoms with Crippen LogP contribution >= 0.6 is 0 Å². The number of hydrogen-bond acceptors (Lipinski definition) is 6. The van der Waals surface area contributed by atoms with E-state index in [-0.39, 0.29) is 16.4 Å². The van der Waals surface area contributed by atoms with Gasteiger partial charge in [-0.05, 0) is 91.7 Å². The molecule has 5 aromatic rings. The molecule has 8 nitrogen and oxygen atoms in total. The first-order valence-corrected chi connectivity index (χ1v) is 16.5. The van der Waals surface area contributed by atoms with E-state index >= 15 is 0 Å². The molecule has 234 valence electrons. The first kappa shape index (κ1) is 30.7. The number of benzene rings is 5. The van der Waals surface area contributed by atoms with Crippen molar-refractivity contribution in [2.75, 3.05) is 28.2 Å². The lowest BCUT2D eigenvalue weighted by Gasteiger charge is -2.46. The summed E-state index contributed by atoms with van der Waals surface area (Å²) in [5, 5.41) is 0. The highest BCUT2D eigenvalue weighted by Gasteiger charge is 2.40. The van der Waals surface area contributed by atoms with Crippen LogP contribution < -0.4 is 24.0 Å². The molecule has 1 heterocycles. The molecule has 9 heteroatoms. The Morgan fingerprint density at radius 1 is 0.804 bits per heavy atom. The first-order valence-electron chi connectivity index (χ1n) is 15.0. The van der Waals surface area contributed by atoms with Crippen molar-refractivity contribution in [1.82, 2.24) is 0 Å². The molecule has 0 spiro atoms. The molecule has 1 N–H and O–H groups in total. The molecule has 0 bridgehead atoms. The van der Waals surface area contributed by atoms with E-state index in [1.54, 1.807) is 48.4 Å². The molecule has 0 fully saturated rings. The zero-order valence-corrected chi connectivity index (χ0v) is 26.7. The summed E-state index contributed by atoms with van der Waals surface area (Å²) in [6, 6.07) is 36.9. The Morgan fingerprint density at radius 3 is 2.13 bits per heavy atom. The van der Waals surface area contributed by atoms with Gasteiger partial charge in [-0.3, -0.25) is 14.4 Å². The number of amides is 1. The van der Waals surface area contributed by atoms with Crippen LogP contribution in [0.1, 0.15) is 40.1 Å². The molecule has 1 atom stereocenters. The van der Waals surface area contributed by atoms with E-state index in [4.69, 9.17) is 9.47 Å². The van der Waals surface area contributed by atoms with E-state index in [0.29, 0.717) is 36.0 Å². The van der Waals surface area contributed by atoms with E-state index in [1.165, 1.54) is 6.07 Å². The normalized spacial score (nSPS) is 14.5. The summed E-state index contributed by atoms with van der Waals surface area (Å²) in [5.41, 5.74) is 4.90. The number of anilines is 3. The molecule has 1 amide bonds. The minimum Gasteiger partial charge on any atom is -0.497 e. The highest BCUT2D eigenvalue weighted by Crippen LogP contribution is 2.43. The van der Waals surface area contributed by atoms with Gasteiger partial charge in [-0.25, -0.2) is 8.42 Å². The van der Waals surface area contributed by atoms with Crippen LogP contribution in [0.15, 0.2) is 126 Å². The Morgan fingerprint density at radius 2 is 1.48 bits per heavy atom. The average Bonchev–Trinajstić information content (AvgIpc) is 3.08. The average molecular weight is 634 g/mol. The second-order valence-corrected chi connectivity index (χ2v) is 12.7. The van der Waals surface area contributed by atoms with Gasteiger partial charge in [-0.2, -0.15) is 0 Å². The van der Waals surface area contributed by atoms with Gasteiger partial charge in [0.2, 0.25) is 0 Å². The second kappa shape index (κ2) is 13.0. The van der Waals surface area contributed by atoms with Crippen molar-refractivity contribution in [3.63, 3.8) is 0 Å². The van der Waals surface area contributed by atoms with Gasteiger partial charge in [0.1, 0.15) is 17.7 Å². The summed E-state index contributed by atoms with van der Waals surface area (Å²) in [6.45, 7) is 4.86. The van der Waals surface area contributed by atoms with E-state index in [9.17, 15) is 13.2 Å². The predicted octanol–water partition coefficient (Wildman–Crippen LogP) is 7.57. The molecule has 0 aromatic heterocycles. The number of sulfonamides is 1. The topological polar surface area (TPSA) is 88.2 Å².